The van der Waals surface area contributed by atoms with Crippen LogP contribution in [0.4, 0.5) is 18.9 Å². The standard InChI is InChI=1S/C18H13F3N2O2/c19-18(20,21)11-25-15-9-2-1-8-14(15)23-17(24)13-7-3-5-12-6-4-10-22-16(12)13/h1-10H,11H2,(H,23,24). The van der Waals surface area contributed by atoms with Crippen molar-refractivity contribution in [2.45, 2.75) is 6.18 Å². The number of para-hydroxylation sites is 3. The van der Waals surface area contributed by atoms with Crippen LogP contribution in [0.15, 0.2) is 60.8 Å². The number of amides is 1. The Morgan fingerprint density at radius 3 is 2.60 bits per heavy atom. The van der Waals surface area contributed by atoms with Crippen LogP contribution in [0.1, 0.15) is 10.4 Å². The van der Waals surface area contributed by atoms with Gasteiger partial charge in [-0.25, -0.2) is 0 Å². The smallest absolute Gasteiger partial charge is 0.422 e. The first-order chi connectivity index (χ1) is 11.9. The average molecular weight is 346 g/mol. The Balaban J connectivity index is 1.86. The van der Waals surface area contributed by atoms with E-state index in [1.165, 1.54) is 18.2 Å². The van der Waals surface area contributed by atoms with Crippen molar-refractivity contribution in [3.05, 3.63) is 66.4 Å². The lowest BCUT2D eigenvalue weighted by atomic mass is 10.1. The Morgan fingerprint density at radius 2 is 1.80 bits per heavy atom. The predicted octanol–water partition coefficient (Wildman–Crippen LogP) is 4.43. The number of benzene rings is 2. The zero-order valence-corrected chi connectivity index (χ0v) is 12.9. The summed E-state index contributed by atoms with van der Waals surface area (Å²) in [6.45, 7) is -1.43. The molecule has 1 heterocycles. The average Bonchev–Trinajstić information content (AvgIpc) is 2.59. The second-order valence-electron chi connectivity index (χ2n) is 5.23. The number of nitrogens with one attached hydrogen (secondary N) is 1. The van der Waals surface area contributed by atoms with E-state index in [0.717, 1.165) is 5.39 Å². The van der Waals surface area contributed by atoms with Crippen LogP contribution in [0.3, 0.4) is 0 Å². The van der Waals surface area contributed by atoms with E-state index in [1.54, 1.807) is 30.5 Å². The Kier molecular flexibility index (Phi) is 4.56. The highest BCUT2D eigenvalue weighted by atomic mass is 19.4. The molecule has 7 heteroatoms. The van der Waals surface area contributed by atoms with Gasteiger partial charge in [0.1, 0.15) is 5.75 Å². The lowest BCUT2D eigenvalue weighted by molar-refractivity contribution is -0.153. The zero-order chi connectivity index (χ0) is 17.9. The first-order valence-corrected chi connectivity index (χ1v) is 7.38. The van der Waals surface area contributed by atoms with Crippen molar-refractivity contribution < 1.29 is 22.7 Å². The number of fused-ring (bicyclic) bond motifs is 1. The van der Waals surface area contributed by atoms with E-state index in [-0.39, 0.29) is 11.4 Å². The van der Waals surface area contributed by atoms with Gasteiger partial charge in [-0.1, -0.05) is 30.3 Å². The van der Waals surface area contributed by atoms with Crippen LogP contribution in [0.5, 0.6) is 5.75 Å². The van der Waals surface area contributed by atoms with Gasteiger partial charge in [-0.2, -0.15) is 13.2 Å². The molecule has 0 fully saturated rings. The summed E-state index contributed by atoms with van der Waals surface area (Å²) in [7, 11) is 0. The van der Waals surface area contributed by atoms with Crippen molar-refractivity contribution in [3.63, 3.8) is 0 Å². The predicted molar refractivity (Wildman–Crippen MR) is 87.7 cm³/mol. The molecule has 0 saturated heterocycles. The quantitative estimate of drug-likeness (QED) is 0.760. The van der Waals surface area contributed by atoms with Crippen LogP contribution in [0.2, 0.25) is 0 Å². The van der Waals surface area contributed by atoms with E-state index >= 15 is 0 Å². The van der Waals surface area contributed by atoms with Crippen LogP contribution >= 0.6 is 0 Å². The third kappa shape index (κ3) is 4.06. The maximum absolute atomic E-state index is 12.6. The van der Waals surface area contributed by atoms with Gasteiger partial charge in [0.2, 0.25) is 0 Å². The number of aromatic nitrogens is 1. The van der Waals surface area contributed by atoms with Crippen molar-refractivity contribution in [3.8, 4) is 5.75 Å². The van der Waals surface area contributed by atoms with Gasteiger partial charge in [0.05, 0.1) is 16.8 Å². The molecule has 0 bridgehead atoms. The number of nitrogens with zero attached hydrogens (tertiary/aromatic N) is 1. The monoisotopic (exact) mass is 346 g/mol. The van der Waals surface area contributed by atoms with Crippen molar-refractivity contribution >= 4 is 22.5 Å². The number of pyridine rings is 1. The third-order valence-electron chi connectivity index (χ3n) is 3.40. The minimum Gasteiger partial charge on any atom is -0.482 e. The van der Waals surface area contributed by atoms with Crippen LogP contribution < -0.4 is 10.1 Å². The van der Waals surface area contributed by atoms with Crippen LogP contribution in [0.25, 0.3) is 10.9 Å². The summed E-state index contributed by atoms with van der Waals surface area (Å²) in [5.41, 5.74) is 0.990. The van der Waals surface area contributed by atoms with Gasteiger partial charge in [-0.3, -0.25) is 9.78 Å². The molecule has 1 amide bonds. The second kappa shape index (κ2) is 6.80. The molecule has 1 aromatic heterocycles. The van der Waals surface area contributed by atoms with Gasteiger partial charge in [0.25, 0.3) is 5.91 Å². The SMILES string of the molecule is O=C(Nc1ccccc1OCC(F)(F)F)c1cccc2cccnc12. The molecule has 2 aromatic carbocycles. The van der Waals surface area contributed by atoms with E-state index < -0.39 is 18.7 Å². The van der Waals surface area contributed by atoms with Crippen molar-refractivity contribution in [1.29, 1.82) is 0 Å². The summed E-state index contributed by atoms with van der Waals surface area (Å²) < 4.78 is 41.8. The van der Waals surface area contributed by atoms with Crippen molar-refractivity contribution in [1.82, 2.24) is 4.98 Å². The van der Waals surface area contributed by atoms with Gasteiger partial charge < -0.3 is 10.1 Å². The highest BCUT2D eigenvalue weighted by Gasteiger charge is 2.29. The number of ether oxygens (including phenoxy) is 1. The van der Waals surface area contributed by atoms with Gasteiger partial charge >= 0.3 is 6.18 Å². The van der Waals surface area contributed by atoms with E-state index in [9.17, 15) is 18.0 Å². The van der Waals surface area contributed by atoms with E-state index in [4.69, 9.17) is 4.74 Å². The lowest BCUT2D eigenvalue weighted by Gasteiger charge is -2.14. The molecule has 1 N–H and O–H groups in total. The number of hydrogen-bond acceptors (Lipinski definition) is 3. The molecule has 0 saturated carbocycles. The number of halogens is 3. The van der Waals surface area contributed by atoms with Gasteiger partial charge in [0.15, 0.2) is 6.61 Å². The second-order valence-corrected chi connectivity index (χ2v) is 5.23. The molecular weight excluding hydrogens is 333 g/mol. The molecule has 0 unspecified atom stereocenters. The summed E-state index contributed by atoms with van der Waals surface area (Å²) in [5.74, 6) is -0.534. The van der Waals surface area contributed by atoms with Crippen LogP contribution in [-0.2, 0) is 0 Å². The number of hydrogen-bond donors (Lipinski definition) is 1. The summed E-state index contributed by atoms with van der Waals surface area (Å²) in [5, 5.41) is 3.37. The maximum atomic E-state index is 12.6. The number of carbonyl (C=O) groups is 1. The largest absolute Gasteiger partial charge is 0.482 e. The summed E-state index contributed by atoms with van der Waals surface area (Å²) in [6.07, 6.45) is -2.89. The molecule has 0 atom stereocenters. The first kappa shape index (κ1) is 16.8. The van der Waals surface area contributed by atoms with E-state index in [1.807, 2.05) is 12.1 Å². The molecule has 128 valence electrons. The minimum atomic E-state index is -4.46. The molecule has 4 nitrogen and oxygen atoms in total. The van der Waals surface area contributed by atoms with Crippen LogP contribution in [0, 0.1) is 0 Å². The fourth-order valence-electron chi connectivity index (χ4n) is 2.33. The Bertz CT molecular complexity index is 905. The fourth-order valence-corrected chi connectivity index (χ4v) is 2.33. The summed E-state index contributed by atoms with van der Waals surface area (Å²) in [6, 6.07) is 14.7. The first-order valence-electron chi connectivity index (χ1n) is 7.38. The molecule has 0 spiro atoms. The summed E-state index contributed by atoms with van der Waals surface area (Å²) >= 11 is 0. The topological polar surface area (TPSA) is 51.2 Å². The normalized spacial score (nSPS) is 11.3. The Labute approximate surface area is 141 Å². The van der Waals surface area contributed by atoms with Crippen LogP contribution in [-0.4, -0.2) is 23.7 Å². The van der Waals surface area contributed by atoms with Gasteiger partial charge in [-0.15, -0.1) is 0 Å². The van der Waals surface area contributed by atoms with Crippen molar-refractivity contribution in [2.24, 2.45) is 0 Å². The van der Waals surface area contributed by atoms with Gasteiger partial charge in [-0.05, 0) is 24.3 Å². The van der Waals surface area contributed by atoms with Crippen molar-refractivity contribution in [2.75, 3.05) is 11.9 Å². The number of rotatable bonds is 4. The number of alkyl halides is 3. The molecule has 0 aliphatic heterocycles. The molecule has 0 aliphatic rings. The lowest BCUT2D eigenvalue weighted by Crippen LogP contribution is -2.20. The highest BCUT2D eigenvalue weighted by molar-refractivity contribution is 6.12. The molecule has 3 aromatic rings. The van der Waals surface area contributed by atoms with E-state index in [2.05, 4.69) is 10.3 Å². The summed E-state index contributed by atoms with van der Waals surface area (Å²) in [4.78, 5) is 16.7. The van der Waals surface area contributed by atoms with E-state index in [0.29, 0.717) is 11.1 Å². The fraction of sp³-hybridized carbons (Fsp3) is 0.111. The maximum Gasteiger partial charge on any atom is 0.422 e. The molecular formula is C18H13F3N2O2. The highest BCUT2D eigenvalue weighted by Crippen LogP contribution is 2.27. The number of anilines is 1. The zero-order valence-electron chi connectivity index (χ0n) is 12.9. The molecule has 25 heavy (non-hydrogen) atoms. The number of carbonyl (C=O) groups excluding carboxylic acids is 1. The molecule has 0 radical (unpaired) electrons. The Hall–Kier alpha value is -3.09. The third-order valence-corrected chi connectivity index (χ3v) is 3.40. The Morgan fingerprint density at radius 1 is 1.04 bits per heavy atom. The minimum absolute atomic E-state index is 0.0543. The van der Waals surface area contributed by atoms with Gasteiger partial charge in [0, 0.05) is 11.6 Å². The molecule has 0 aliphatic carbocycles. The molecule has 3 rings (SSSR count).